The van der Waals surface area contributed by atoms with Gasteiger partial charge in [-0.25, -0.2) is 0 Å². The summed E-state index contributed by atoms with van der Waals surface area (Å²) in [6.07, 6.45) is 0.832. The number of carbonyl (C=O) groups is 1. The van der Waals surface area contributed by atoms with Crippen molar-refractivity contribution in [2.75, 3.05) is 0 Å². The number of nitrogens with two attached hydrogens (primary N) is 1. The van der Waals surface area contributed by atoms with Gasteiger partial charge in [0, 0.05) is 17.0 Å². The molecule has 0 aliphatic carbocycles. The van der Waals surface area contributed by atoms with Gasteiger partial charge in [-0.05, 0) is 11.4 Å². The zero-order valence-electron chi connectivity index (χ0n) is 4.83. The van der Waals surface area contributed by atoms with Crippen LogP contribution in [0.15, 0.2) is 11.4 Å². The molecule has 0 bridgehead atoms. The molecular weight excluding hydrogens is 134 g/mol. The van der Waals surface area contributed by atoms with Gasteiger partial charge in [-0.1, -0.05) is 0 Å². The molecule has 1 heterocycles. The maximum absolute atomic E-state index is 10.2. The van der Waals surface area contributed by atoms with Gasteiger partial charge in [0.15, 0.2) is 6.29 Å². The van der Waals surface area contributed by atoms with E-state index >= 15 is 0 Å². The minimum absolute atomic E-state index is 0.464. The van der Waals surface area contributed by atoms with Crippen LogP contribution in [0.1, 0.15) is 15.2 Å². The summed E-state index contributed by atoms with van der Waals surface area (Å²) in [5, 5.41) is 1.87. The molecule has 0 radical (unpaired) electrons. The van der Waals surface area contributed by atoms with Crippen molar-refractivity contribution in [2.24, 2.45) is 5.73 Å². The molecule has 9 heavy (non-hydrogen) atoms. The molecule has 0 aliphatic rings. The zero-order chi connectivity index (χ0) is 6.69. The van der Waals surface area contributed by atoms with Crippen molar-refractivity contribution in [1.82, 2.24) is 0 Å². The summed E-state index contributed by atoms with van der Waals surface area (Å²) in [6, 6.07) is 1.78. The van der Waals surface area contributed by atoms with Crippen LogP contribution in [0.3, 0.4) is 0 Å². The number of thiophene rings is 1. The second-order valence-electron chi connectivity index (χ2n) is 1.62. The Balaban J connectivity index is 2.98. The minimum Gasteiger partial charge on any atom is -0.326 e. The molecule has 1 rings (SSSR count). The molecule has 0 aliphatic heterocycles. The Bertz CT molecular complexity index is 207. The van der Waals surface area contributed by atoms with E-state index in [0.717, 1.165) is 16.7 Å². The van der Waals surface area contributed by atoms with E-state index in [1.807, 2.05) is 5.38 Å². The molecule has 0 unspecified atom stereocenters. The van der Waals surface area contributed by atoms with Crippen LogP contribution in [-0.4, -0.2) is 6.29 Å². The van der Waals surface area contributed by atoms with E-state index in [9.17, 15) is 4.79 Å². The summed E-state index contributed by atoms with van der Waals surface area (Å²) in [6.45, 7) is 0.464. The third-order valence-corrected chi connectivity index (χ3v) is 2.05. The predicted octanol–water partition coefficient (Wildman–Crippen LogP) is 1.02. The van der Waals surface area contributed by atoms with E-state index in [0.29, 0.717) is 6.54 Å². The summed E-state index contributed by atoms with van der Waals surface area (Å²) < 4.78 is 0. The third kappa shape index (κ3) is 1.17. The lowest BCUT2D eigenvalue weighted by Crippen LogP contribution is -1.95. The first-order valence-electron chi connectivity index (χ1n) is 2.60. The second kappa shape index (κ2) is 2.75. The maximum Gasteiger partial charge on any atom is 0.151 e. The number of hydrogen-bond donors (Lipinski definition) is 1. The second-order valence-corrected chi connectivity index (χ2v) is 2.62. The topological polar surface area (TPSA) is 43.1 Å². The van der Waals surface area contributed by atoms with Gasteiger partial charge in [0.05, 0.1) is 0 Å². The lowest BCUT2D eigenvalue weighted by Gasteiger charge is -1.87. The van der Waals surface area contributed by atoms with Crippen molar-refractivity contribution >= 4 is 17.6 Å². The summed E-state index contributed by atoms with van der Waals surface area (Å²) >= 11 is 1.52. The third-order valence-electron chi connectivity index (χ3n) is 1.09. The molecule has 0 spiro atoms. The van der Waals surface area contributed by atoms with E-state index < -0.39 is 0 Å². The van der Waals surface area contributed by atoms with Crippen molar-refractivity contribution in [3.63, 3.8) is 0 Å². The Morgan fingerprint density at radius 3 is 3.00 bits per heavy atom. The van der Waals surface area contributed by atoms with E-state index in [4.69, 9.17) is 5.73 Å². The molecule has 0 saturated heterocycles. The molecule has 3 heteroatoms. The van der Waals surface area contributed by atoms with Crippen LogP contribution in [0, 0.1) is 0 Å². The molecule has 1 aromatic heterocycles. The van der Waals surface area contributed by atoms with Gasteiger partial charge in [0.2, 0.25) is 0 Å². The molecule has 48 valence electrons. The Morgan fingerprint density at radius 1 is 1.78 bits per heavy atom. The highest BCUT2D eigenvalue weighted by Crippen LogP contribution is 2.12. The van der Waals surface area contributed by atoms with Crippen LogP contribution < -0.4 is 5.73 Å². The van der Waals surface area contributed by atoms with Crippen molar-refractivity contribution in [3.05, 3.63) is 21.9 Å². The SMILES string of the molecule is NCc1sccc1C=O. The lowest BCUT2D eigenvalue weighted by atomic mass is 10.3. The molecule has 2 nitrogen and oxygen atoms in total. The number of carbonyl (C=O) groups excluding carboxylic acids is 1. The highest BCUT2D eigenvalue weighted by Gasteiger charge is 1.97. The average molecular weight is 141 g/mol. The van der Waals surface area contributed by atoms with Crippen LogP contribution in [0.4, 0.5) is 0 Å². The van der Waals surface area contributed by atoms with Crippen molar-refractivity contribution in [1.29, 1.82) is 0 Å². The lowest BCUT2D eigenvalue weighted by molar-refractivity contribution is 0.112. The Morgan fingerprint density at radius 2 is 2.56 bits per heavy atom. The van der Waals surface area contributed by atoms with E-state index in [2.05, 4.69) is 0 Å². The van der Waals surface area contributed by atoms with E-state index in [1.54, 1.807) is 6.07 Å². The fourth-order valence-electron chi connectivity index (χ4n) is 0.621. The van der Waals surface area contributed by atoms with Gasteiger partial charge in [-0.2, -0.15) is 0 Å². The molecule has 0 fully saturated rings. The van der Waals surface area contributed by atoms with Crippen molar-refractivity contribution < 1.29 is 4.79 Å². The largest absolute Gasteiger partial charge is 0.326 e. The number of aldehydes is 1. The van der Waals surface area contributed by atoms with Gasteiger partial charge in [0.1, 0.15) is 0 Å². The van der Waals surface area contributed by atoms with Crippen molar-refractivity contribution in [3.8, 4) is 0 Å². The van der Waals surface area contributed by atoms with Gasteiger partial charge >= 0.3 is 0 Å². The van der Waals surface area contributed by atoms with Crippen LogP contribution in [0.25, 0.3) is 0 Å². The first kappa shape index (κ1) is 6.45. The molecule has 2 N–H and O–H groups in total. The van der Waals surface area contributed by atoms with Gasteiger partial charge in [-0.3, -0.25) is 4.79 Å². The average Bonchev–Trinajstić information content (AvgIpc) is 2.33. The highest BCUT2D eigenvalue weighted by molar-refractivity contribution is 7.10. The Labute approximate surface area is 57.3 Å². The Kier molecular flexibility index (Phi) is 1.97. The van der Waals surface area contributed by atoms with Gasteiger partial charge < -0.3 is 5.73 Å². The standard InChI is InChI=1S/C6H7NOS/c7-3-6-5(4-8)1-2-9-6/h1-2,4H,3,7H2. The van der Waals surface area contributed by atoms with Crippen LogP contribution in [0.5, 0.6) is 0 Å². The number of rotatable bonds is 2. The first-order valence-corrected chi connectivity index (χ1v) is 3.48. The maximum atomic E-state index is 10.2. The molecule has 0 saturated carbocycles. The molecule has 0 amide bonds. The van der Waals surface area contributed by atoms with Crippen LogP contribution >= 0.6 is 11.3 Å². The summed E-state index contributed by atoms with van der Waals surface area (Å²) in [5.74, 6) is 0. The summed E-state index contributed by atoms with van der Waals surface area (Å²) in [5.41, 5.74) is 6.05. The molecular formula is C6H7NOS. The monoisotopic (exact) mass is 141 g/mol. The van der Waals surface area contributed by atoms with Crippen LogP contribution in [0.2, 0.25) is 0 Å². The molecule has 1 aromatic rings. The fraction of sp³-hybridized carbons (Fsp3) is 0.167. The zero-order valence-corrected chi connectivity index (χ0v) is 5.65. The van der Waals surface area contributed by atoms with Crippen molar-refractivity contribution in [2.45, 2.75) is 6.54 Å². The quantitative estimate of drug-likeness (QED) is 0.625. The minimum atomic E-state index is 0.464. The molecule has 0 atom stereocenters. The highest BCUT2D eigenvalue weighted by atomic mass is 32.1. The normalized spacial score (nSPS) is 9.44. The summed E-state index contributed by atoms with van der Waals surface area (Å²) in [4.78, 5) is 11.2. The van der Waals surface area contributed by atoms with Gasteiger partial charge in [-0.15, -0.1) is 11.3 Å². The Hall–Kier alpha value is -0.670. The van der Waals surface area contributed by atoms with E-state index in [-0.39, 0.29) is 0 Å². The molecule has 0 aromatic carbocycles. The smallest absolute Gasteiger partial charge is 0.151 e. The van der Waals surface area contributed by atoms with Gasteiger partial charge in [0.25, 0.3) is 0 Å². The van der Waals surface area contributed by atoms with Crippen LogP contribution in [-0.2, 0) is 6.54 Å². The first-order chi connectivity index (χ1) is 4.38. The number of hydrogen-bond acceptors (Lipinski definition) is 3. The van der Waals surface area contributed by atoms with E-state index in [1.165, 1.54) is 11.3 Å². The summed E-state index contributed by atoms with van der Waals surface area (Å²) in [7, 11) is 0. The predicted molar refractivity (Wildman–Crippen MR) is 37.6 cm³/mol. The fourth-order valence-corrected chi connectivity index (χ4v) is 1.35.